The lowest BCUT2D eigenvalue weighted by atomic mass is 10.0. The Hall–Kier alpha value is -2.58. The minimum absolute atomic E-state index is 0.355. The van der Waals surface area contributed by atoms with Gasteiger partial charge in [0.05, 0.1) is 16.8 Å². The standard InChI is InChI=1S/C20H23N7S/c1-3-13(2)21-18-17-15-9-10-26(11-14-7-5-4-6-8-14)12-16(15)28-19(17)27-20(22-18)23-24-25-27/h4-8,13H,3,9-12H2,1-2H3,(H,21,22,23,25)/p+1/t13-/m0/s1. The van der Waals surface area contributed by atoms with Crippen LogP contribution in [0.3, 0.4) is 0 Å². The van der Waals surface area contributed by atoms with Crippen LogP contribution in [0.1, 0.15) is 36.3 Å². The maximum Gasteiger partial charge on any atom is 0.276 e. The van der Waals surface area contributed by atoms with Gasteiger partial charge in [-0.2, -0.15) is 9.50 Å². The summed E-state index contributed by atoms with van der Waals surface area (Å²) in [6.45, 7) is 7.59. The van der Waals surface area contributed by atoms with Gasteiger partial charge in [-0.3, -0.25) is 0 Å². The van der Waals surface area contributed by atoms with Crippen molar-refractivity contribution in [3.63, 3.8) is 0 Å². The molecule has 1 aliphatic heterocycles. The van der Waals surface area contributed by atoms with Crippen LogP contribution in [0.4, 0.5) is 5.82 Å². The summed E-state index contributed by atoms with van der Waals surface area (Å²) in [6, 6.07) is 11.1. The smallest absolute Gasteiger partial charge is 0.276 e. The van der Waals surface area contributed by atoms with Crippen molar-refractivity contribution in [3.05, 3.63) is 46.3 Å². The summed E-state index contributed by atoms with van der Waals surface area (Å²) in [5.74, 6) is 1.49. The molecule has 0 fully saturated rings. The molecule has 0 saturated carbocycles. The predicted octanol–water partition coefficient (Wildman–Crippen LogP) is 2.09. The van der Waals surface area contributed by atoms with Crippen LogP contribution in [0.15, 0.2) is 30.3 Å². The van der Waals surface area contributed by atoms with Gasteiger partial charge in [-0.1, -0.05) is 42.4 Å². The molecule has 0 amide bonds. The molecule has 0 radical (unpaired) electrons. The van der Waals surface area contributed by atoms with E-state index in [9.17, 15) is 0 Å². The minimum Gasteiger partial charge on any atom is -0.367 e. The van der Waals surface area contributed by atoms with Crippen LogP contribution in [-0.2, 0) is 19.5 Å². The van der Waals surface area contributed by atoms with Crippen molar-refractivity contribution < 1.29 is 4.90 Å². The first kappa shape index (κ1) is 17.5. The summed E-state index contributed by atoms with van der Waals surface area (Å²) in [7, 11) is 0. The van der Waals surface area contributed by atoms with E-state index in [-0.39, 0.29) is 0 Å². The molecule has 3 aromatic heterocycles. The van der Waals surface area contributed by atoms with Crippen LogP contribution >= 0.6 is 11.3 Å². The fraction of sp³-hybridized carbons (Fsp3) is 0.400. The first-order valence-corrected chi connectivity index (χ1v) is 10.7. The molecule has 7 nitrogen and oxygen atoms in total. The SMILES string of the molecule is CC[C@H](C)Nc1nc2nnnn2c2sc3c(c12)CC[NH+](Cc1ccccc1)C3. The third-order valence-corrected chi connectivity index (χ3v) is 6.81. The second kappa shape index (κ2) is 7.10. The molecule has 1 aliphatic rings. The van der Waals surface area contributed by atoms with E-state index < -0.39 is 0 Å². The first-order valence-electron chi connectivity index (χ1n) is 9.89. The van der Waals surface area contributed by atoms with Crippen molar-refractivity contribution in [2.75, 3.05) is 11.9 Å². The number of thiophene rings is 1. The van der Waals surface area contributed by atoms with E-state index in [0.29, 0.717) is 11.8 Å². The van der Waals surface area contributed by atoms with Gasteiger partial charge in [0.25, 0.3) is 5.78 Å². The Morgan fingerprint density at radius 2 is 2.14 bits per heavy atom. The average Bonchev–Trinajstić information content (AvgIpc) is 3.32. The van der Waals surface area contributed by atoms with Crippen LogP contribution < -0.4 is 10.2 Å². The summed E-state index contributed by atoms with van der Waals surface area (Å²) < 4.78 is 1.79. The van der Waals surface area contributed by atoms with Crippen LogP contribution in [0, 0.1) is 0 Å². The third kappa shape index (κ3) is 3.02. The predicted molar refractivity (Wildman–Crippen MR) is 111 cm³/mol. The molecule has 5 rings (SSSR count). The maximum absolute atomic E-state index is 4.73. The summed E-state index contributed by atoms with van der Waals surface area (Å²) in [4.78, 5) is 8.87. The molecule has 0 aliphatic carbocycles. The summed E-state index contributed by atoms with van der Waals surface area (Å²) >= 11 is 1.82. The van der Waals surface area contributed by atoms with Crippen molar-refractivity contribution in [2.24, 2.45) is 0 Å². The van der Waals surface area contributed by atoms with E-state index in [1.54, 1.807) is 9.42 Å². The van der Waals surface area contributed by atoms with E-state index in [0.717, 1.165) is 43.1 Å². The van der Waals surface area contributed by atoms with Crippen LogP contribution in [0.25, 0.3) is 16.0 Å². The fourth-order valence-corrected chi connectivity index (χ4v) is 5.29. The second-order valence-corrected chi connectivity index (χ2v) is 8.66. The molecule has 28 heavy (non-hydrogen) atoms. The molecule has 0 bridgehead atoms. The number of hydrogen-bond donors (Lipinski definition) is 2. The van der Waals surface area contributed by atoms with Gasteiger partial charge in [0.2, 0.25) is 0 Å². The van der Waals surface area contributed by atoms with Crippen LogP contribution in [-0.4, -0.2) is 37.6 Å². The fourth-order valence-electron chi connectivity index (χ4n) is 3.93. The van der Waals surface area contributed by atoms with Crippen molar-refractivity contribution in [1.82, 2.24) is 25.0 Å². The Kier molecular flexibility index (Phi) is 4.44. The zero-order chi connectivity index (χ0) is 19.1. The normalized spacial score (nSPS) is 17.7. The molecule has 4 aromatic rings. The van der Waals surface area contributed by atoms with Crippen molar-refractivity contribution in [1.29, 1.82) is 0 Å². The zero-order valence-electron chi connectivity index (χ0n) is 16.1. The zero-order valence-corrected chi connectivity index (χ0v) is 17.0. The number of aromatic nitrogens is 5. The molecule has 1 unspecified atom stereocenters. The summed E-state index contributed by atoms with van der Waals surface area (Å²) in [5.41, 5.74) is 2.82. The highest BCUT2D eigenvalue weighted by molar-refractivity contribution is 7.19. The summed E-state index contributed by atoms with van der Waals surface area (Å²) in [5, 5.41) is 16.9. The highest BCUT2D eigenvalue weighted by Crippen LogP contribution is 2.36. The number of benzene rings is 1. The minimum atomic E-state index is 0.355. The lowest BCUT2D eigenvalue weighted by Gasteiger charge is -2.24. The molecule has 0 saturated heterocycles. The number of anilines is 1. The Bertz CT molecular complexity index is 1120. The Balaban J connectivity index is 1.55. The third-order valence-electron chi connectivity index (χ3n) is 5.60. The number of rotatable bonds is 5. The van der Waals surface area contributed by atoms with Gasteiger partial charge in [0.15, 0.2) is 0 Å². The lowest BCUT2D eigenvalue weighted by molar-refractivity contribution is -0.929. The van der Waals surface area contributed by atoms with Gasteiger partial charge in [-0.25, -0.2) is 0 Å². The van der Waals surface area contributed by atoms with E-state index in [1.807, 2.05) is 11.3 Å². The van der Waals surface area contributed by atoms with E-state index in [4.69, 9.17) is 4.98 Å². The molecular weight excluding hydrogens is 370 g/mol. The number of quaternary nitrogens is 1. The molecule has 0 spiro atoms. The quantitative estimate of drug-likeness (QED) is 0.542. The van der Waals surface area contributed by atoms with Crippen molar-refractivity contribution >= 4 is 33.1 Å². The van der Waals surface area contributed by atoms with Crippen molar-refractivity contribution in [2.45, 2.75) is 45.8 Å². The Labute approximate surface area is 167 Å². The van der Waals surface area contributed by atoms with Crippen LogP contribution in [0.2, 0.25) is 0 Å². The van der Waals surface area contributed by atoms with Crippen molar-refractivity contribution in [3.8, 4) is 0 Å². The molecule has 2 atom stereocenters. The van der Waals surface area contributed by atoms with Gasteiger partial charge < -0.3 is 10.2 Å². The average molecular weight is 395 g/mol. The van der Waals surface area contributed by atoms with Gasteiger partial charge in [-0.15, -0.1) is 11.3 Å². The molecule has 4 heterocycles. The van der Waals surface area contributed by atoms with Gasteiger partial charge in [0, 0.05) is 18.0 Å². The monoisotopic (exact) mass is 394 g/mol. The first-order chi connectivity index (χ1) is 13.7. The second-order valence-electron chi connectivity index (χ2n) is 7.58. The van der Waals surface area contributed by atoms with Crippen LogP contribution in [0.5, 0.6) is 0 Å². The van der Waals surface area contributed by atoms with Gasteiger partial charge in [0.1, 0.15) is 23.7 Å². The van der Waals surface area contributed by atoms with Gasteiger partial charge >= 0.3 is 0 Å². The van der Waals surface area contributed by atoms with E-state index in [1.165, 1.54) is 21.4 Å². The summed E-state index contributed by atoms with van der Waals surface area (Å²) in [6.07, 6.45) is 2.10. The number of fused-ring (bicyclic) bond motifs is 5. The number of hydrogen-bond acceptors (Lipinski definition) is 6. The number of tetrazole rings is 1. The molecule has 144 valence electrons. The molecule has 1 aromatic carbocycles. The Morgan fingerprint density at radius 1 is 1.29 bits per heavy atom. The van der Waals surface area contributed by atoms with E-state index in [2.05, 4.69) is 65.0 Å². The topological polar surface area (TPSA) is 72.4 Å². The van der Waals surface area contributed by atoms with Gasteiger partial charge in [-0.05, 0) is 29.3 Å². The largest absolute Gasteiger partial charge is 0.367 e. The molecule has 8 heteroatoms. The highest BCUT2D eigenvalue weighted by Gasteiger charge is 2.28. The lowest BCUT2D eigenvalue weighted by Crippen LogP contribution is -3.10. The van der Waals surface area contributed by atoms with E-state index >= 15 is 0 Å². The molecule has 2 N–H and O–H groups in total. The number of nitrogens with one attached hydrogen (secondary N) is 2. The Morgan fingerprint density at radius 3 is 2.96 bits per heavy atom. The highest BCUT2D eigenvalue weighted by atomic mass is 32.1. The number of nitrogens with zero attached hydrogens (tertiary/aromatic N) is 5. The maximum atomic E-state index is 4.73. The molecular formula is C20H24N7S+.